The second-order valence-electron chi connectivity index (χ2n) is 8.05. The number of pyridine rings is 1. The zero-order chi connectivity index (χ0) is 23.1. The summed E-state index contributed by atoms with van der Waals surface area (Å²) in [5.41, 5.74) is 3.76. The van der Waals surface area contributed by atoms with Gasteiger partial charge in [0.2, 0.25) is 0 Å². The van der Waals surface area contributed by atoms with Crippen LogP contribution in [0.3, 0.4) is 0 Å². The van der Waals surface area contributed by atoms with Gasteiger partial charge in [0.15, 0.2) is 5.17 Å². The summed E-state index contributed by atoms with van der Waals surface area (Å²) in [5.74, 6) is 0.943. The molecule has 0 aliphatic carbocycles. The molecule has 0 bridgehead atoms. The van der Waals surface area contributed by atoms with Crippen LogP contribution in [0.15, 0.2) is 99.8 Å². The quantitative estimate of drug-likeness (QED) is 0.459. The van der Waals surface area contributed by atoms with E-state index in [-0.39, 0.29) is 11.5 Å². The van der Waals surface area contributed by atoms with Crippen LogP contribution in [-0.2, 0) is 17.0 Å². The SMILES string of the molecule is O=C1C(Cc2ccccc2)N=C2c3ccccc3N=C(SCc3cc(=O)n4ccccc4n3)N12. The van der Waals surface area contributed by atoms with E-state index in [1.165, 1.54) is 22.2 Å². The van der Waals surface area contributed by atoms with Crippen molar-refractivity contribution < 1.29 is 4.79 Å². The fourth-order valence-electron chi connectivity index (χ4n) is 4.18. The predicted molar refractivity (Wildman–Crippen MR) is 134 cm³/mol. The molecule has 2 aromatic heterocycles. The molecule has 2 aromatic carbocycles. The number of nitrogens with zero attached hydrogens (tertiary/aromatic N) is 5. The first-order valence-corrected chi connectivity index (χ1v) is 11.9. The number of carbonyl (C=O) groups is 1. The monoisotopic (exact) mass is 465 g/mol. The average molecular weight is 466 g/mol. The van der Waals surface area contributed by atoms with Gasteiger partial charge in [-0.2, -0.15) is 0 Å². The summed E-state index contributed by atoms with van der Waals surface area (Å²) in [6.45, 7) is 0. The van der Waals surface area contributed by atoms with Crippen molar-refractivity contribution in [3.05, 3.63) is 112 Å². The summed E-state index contributed by atoms with van der Waals surface area (Å²) in [6.07, 6.45) is 2.23. The first-order chi connectivity index (χ1) is 16.7. The van der Waals surface area contributed by atoms with Crippen molar-refractivity contribution in [2.75, 3.05) is 0 Å². The number of aromatic nitrogens is 2. The Morgan fingerprint density at radius 1 is 0.912 bits per heavy atom. The number of hydrogen-bond acceptors (Lipinski definition) is 6. The van der Waals surface area contributed by atoms with Gasteiger partial charge in [-0.3, -0.25) is 19.0 Å². The van der Waals surface area contributed by atoms with Crippen LogP contribution in [0.1, 0.15) is 16.8 Å². The van der Waals surface area contributed by atoms with Gasteiger partial charge in [-0.25, -0.2) is 14.9 Å². The second kappa shape index (κ2) is 8.39. The van der Waals surface area contributed by atoms with Crippen LogP contribution >= 0.6 is 11.8 Å². The van der Waals surface area contributed by atoms with Crippen LogP contribution in [0.25, 0.3) is 5.65 Å². The Bertz CT molecular complexity index is 1540. The van der Waals surface area contributed by atoms with Crippen molar-refractivity contribution in [3.8, 4) is 0 Å². The molecule has 1 atom stereocenters. The minimum atomic E-state index is -0.502. The average Bonchev–Trinajstić information content (AvgIpc) is 3.19. The van der Waals surface area contributed by atoms with E-state index in [2.05, 4.69) is 4.98 Å². The lowest BCUT2D eigenvalue weighted by Gasteiger charge is -2.25. The topological polar surface area (TPSA) is 79.4 Å². The molecule has 1 unspecified atom stereocenters. The van der Waals surface area contributed by atoms with Gasteiger partial charge in [0, 0.05) is 30.0 Å². The lowest BCUT2D eigenvalue weighted by Crippen LogP contribution is -2.41. The van der Waals surface area contributed by atoms with Crippen molar-refractivity contribution in [3.63, 3.8) is 0 Å². The highest BCUT2D eigenvalue weighted by atomic mass is 32.2. The summed E-state index contributed by atoms with van der Waals surface area (Å²) in [7, 11) is 0. The first-order valence-electron chi connectivity index (χ1n) is 10.9. The van der Waals surface area contributed by atoms with Crippen molar-refractivity contribution in [1.29, 1.82) is 0 Å². The Labute approximate surface area is 199 Å². The third-order valence-electron chi connectivity index (χ3n) is 5.79. The molecular formula is C26H19N5O2S. The molecule has 2 aliphatic rings. The van der Waals surface area contributed by atoms with E-state index in [9.17, 15) is 9.59 Å². The van der Waals surface area contributed by atoms with Gasteiger partial charge >= 0.3 is 0 Å². The summed E-state index contributed by atoms with van der Waals surface area (Å²) < 4.78 is 1.51. The smallest absolute Gasteiger partial charge is 0.259 e. The fraction of sp³-hybridized carbons (Fsp3) is 0.115. The maximum absolute atomic E-state index is 13.5. The Kier molecular flexibility index (Phi) is 5.07. The number of fused-ring (bicyclic) bond motifs is 4. The van der Waals surface area contributed by atoms with Crippen LogP contribution in [0, 0.1) is 0 Å². The normalized spacial score (nSPS) is 16.8. The lowest BCUT2D eigenvalue weighted by atomic mass is 10.1. The molecule has 6 rings (SSSR count). The van der Waals surface area contributed by atoms with Crippen LogP contribution in [0.2, 0.25) is 0 Å². The molecule has 0 radical (unpaired) electrons. The highest BCUT2D eigenvalue weighted by molar-refractivity contribution is 8.13. The number of rotatable bonds is 4. The number of benzene rings is 2. The van der Waals surface area contributed by atoms with Gasteiger partial charge in [-0.1, -0.05) is 60.3 Å². The first kappa shape index (κ1) is 20.6. The van der Waals surface area contributed by atoms with E-state index in [0.717, 1.165) is 16.8 Å². The maximum atomic E-state index is 13.5. The van der Waals surface area contributed by atoms with Gasteiger partial charge in [-0.15, -0.1) is 0 Å². The summed E-state index contributed by atoms with van der Waals surface area (Å²) >= 11 is 1.38. The minimum Gasteiger partial charge on any atom is -0.271 e. The molecule has 0 saturated heterocycles. The standard InChI is InChI=1S/C26H19N5O2S/c32-23-15-18(27-22-12-6-7-13-30(22)23)16-34-26-29-20-11-5-4-10-19(20)24-28-21(25(33)31(24)26)14-17-8-2-1-3-9-17/h1-13,15,21H,14,16H2. The summed E-state index contributed by atoms with van der Waals surface area (Å²) in [6, 6.07) is 24.1. The van der Waals surface area contributed by atoms with Crippen molar-refractivity contribution >= 4 is 40.0 Å². The van der Waals surface area contributed by atoms with Gasteiger partial charge in [0.1, 0.15) is 17.5 Å². The fourth-order valence-corrected chi connectivity index (χ4v) is 5.08. The number of carbonyl (C=O) groups excluding carboxylic acids is 1. The van der Waals surface area contributed by atoms with Gasteiger partial charge in [0.25, 0.3) is 11.5 Å². The number of para-hydroxylation sites is 1. The van der Waals surface area contributed by atoms with E-state index in [4.69, 9.17) is 9.98 Å². The van der Waals surface area contributed by atoms with Crippen molar-refractivity contribution in [1.82, 2.24) is 14.3 Å². The van der Waals surface area contributed by atoms with E-state index in [1.807, 2.05) is 60.7 Å². The van der Waals surface area contributed by atoms with E-state index < -0.39 is 6.04 Å². The summed E-state index contributed by atoms with van der Waals surface area (Å²) in [5, 5.41) is 0.549. The number of amides is 1. The molecule has 0 spiro atoms. The predicted octanol–water partition coefficient (Wildman–Crippen LogP) is 3.83. The summed E-state index contributed by atoms with van der Waals surface area (Å²) in [4.78, 5) is 41.7. The molecule has 1 amide bonds. The van der Waals surface area contributed by atoms with Crippen LogP contribution < -0.4 is 5.56 Å². The molecule has 34 heavy (non-hydrogen) atoms. The van der Waals surface area contributed by atoms with Crippen molar-refractivity contribution in [2.45, 2.75) is 18.2 Å². The van der Waals surface area contributed by atoms with Crippen molar-refractivity contribution in [2.24, 2.45) is 9.98 Å². The lowest BCUT2D eigenvalue weighted by molar-refractivity contribution is -0.124. The highest BCUT2D eigenvalue weighted by Crippen LogP contribution is 2.34. The number of thioether (sulfide) groups is 1. The minimum absolute atomic E-state index is 0.0915. The molecule has 0 fully saturated rings. The zero-order valence-corrected chi connectivity index (χ0v) is 18.9. The maximum Gasteiger partial charge on any atom is 0.259 e. The number of aliphatic imine (C=N–C) groups is 2. The number of hydrogen-bond donors (Lipinski definition) is 0. The molecule has 8 heteroatoms. The van der Waals surface area contributed by atoms with E-state index in [1.54, 1.807) is 23.2 Å². The molecule has 2 aliphatic heterocycles. The van der Waals surface area contributed by atoms with E-state index >= 15 is 0 Å². The zero-order valence-electron chi connectivity index (χ0n) is 18.0. The third kappa shape index (κ3) is 3.62. The molecule has 0 saturated carbocycles. The molecule has 0 N–H and O–H groups in total. The van der Waals surface area contributed by atoms with Gasteiger partial charge in [-0.05, 0) is 29.8 Å². The van der Waals surface area contributed by atoms with Gasteiger partial charge < -0.3 is 0 Å². The van der Waals surface area contributed by atoms with Crippen LogP contribution in [0.4, 0.5) is 5.69 Å². The molecular weight excluding hydrogens is 446 g/mol. The molecule has 4 heterocycles. The molecule has 7 nitrogen and oxygen atoms in total. The highest BCUT2D eigenvalue weighted by Gasteiger charge is 2.41. The third-order valence-corrected chi connectivity index (χ3v) is 6.76. The Hall–Kier alpha value is -4.04. The Balaban J connectivity index is 1.32. The van der Waals surface area contributed by atoms with Crippen LogP contribution in [-0.4, -0.2) is 37.2 Å². The molecule has 166 valence electrons. The largest absolute Gasteiger partial charge is 0.271 e. The van der Waals surface area contributed by atoms with E-state index in [0.29, 0.717) is 34.5 Å². The Morgan fingerprint density at radius 3 is 2.59 bits per heavy atom. The van der Waals surface area contributed by atoms with Crippen LogP contribution in [0.5, 0.6) is 0 Å². The number of amidine groups is 2. The van der Waals surface area contributed by atoms with Gasteiger partial charge in [0.05, 0.1) is 11.4 Å². The Morgan fingerprint density at radius 2 is 1.71 bits per heavy atom. The second-order valence-corrected chi connectivity index (χ2v) is 8.99. The molecule has 4 aromatic rings.